The van der Waals surface area contributed by atoms with Crippen LogP contribution in [-0.2, 0) is 6.42 Å². The zero-order valence-electron chi connectivity index (χ0n) is 9.71. The standard InChI is InChI=1S/C13H13BrN2O2/c14-10-3-1-8(2-4-10)5-12-15-13(18-16-12)9-6-11(17)7-9/h1-4,9,11,17H,5-7H2. The van der Waals surface area contributed by atoms with Crippen LogP contribution < -0.4 is 0 Å². The topological polar surface area (TPSA) is 59.2 Å². The number of aromatic nitrogens is 2. The van der Waals surface area contributed by atoms with E-state index in [1.54, 1.807) is 0 Å². The van der Waals surface area contributed by atoms with Gasteiger partial charge in [0.25, 0.3) is 0 Å². The third kappa shape index (κ3) is 2.47. The van der Waals surface area contributed by atoms with Crippen molar-refractivity contribution in [1.82, 2.24) is 10.1 Å². The maximum atomic E-state index is 9.25. The average Bonchev–Trinajstić information content (AvgIpc) is 2.76. The number of halogens is 1. The van der Waals surface area contributed by atoms with E-state index in [1.165, 1.54) is 0 Å². The molecule has 1 saturated carbocycles. The summed E-state index contributed by atoms with van der Waals surface area (Å²) < 4.78 is 6.29. The third-order valence-corrected chi connectivity index (χ3v) is 3.75. The Labute approximate surface area is 113 Å². The number of nitrogens with zero attached hydrogens (tertiary/aromatic N) is 2. The van der Waals surface area contributed by atoms with Gasteiger partial charge in [0.2, 0.25) is 5.89 Å². The molecule has 0 spiro atoms. The van der Waals surface area contributed by atoms with Crippen molar-refractivity contribution in [1.29, 1.82) is 0 Å². The fourth-order valence-corrected chi connectivity index (χ4v) is 2.34. The van der Waals surface area contributed by atoms with Crippen LogP contribution in [0.2, 0.25) is 0 Å². The Morgan fingerprint density at radius 1 is 1.28 bits per heavy atom. The molecule has 1 heterocycles. The Balaban J connectivity index is 1.68. The summed E-state index contributed by atoms with van der Waals surface area (Å²) in [4.78, 5) is 4.38. The van der Waals surface area contributed by atoms with Crippen LogP contribution in [0.25, 0.3) is 0 Å². The first-order valence-corrected chi connectivity index (χ1v) is 6.75. The largest absolute Gasteiger partial charge is 0.393 e. The molecule has 0 saturated heterocycles. The van der Waals surface area contributed by atoms with E-state index in [2.05, 4.69) is 26.1 Å². The summed E-state index contributed by atoms with van der Waals surface area (Å²) in [5, 5.41) is 13.2. The zero-order chi connectivity index (χ0) is 12.5. The molecule has 1 aliphatic rings. The molecule has 1 aliphatic carbocycles. The molecule has 1 N–H and O–H groups in total. The molecule has 94 valence electrons. The fourth-order valence-electron chi connectivity index (χ4n) is 2.08. The Morgan fingerprint density at radius 2 is 2.00 bits per heavy atom. The molecule has 0 atom stereocenters. The highest BCUT2D eigenvalue weighted by atomic mass is 79.9. The van der Waals surface area contributed by atoms with Crippen LogP contribution in [0.1, 0.15) is 36.0 Å². The molecule has 1 aromatic carbocycles. The third-order valence-electron chi connectivity index (χ3n) is 3.22. The van der Waals surface area contributed by atoms with Crippen LogP contribution in [-0.4, -0.2) is 21.4 Å². The average molecular weight is 309 g/mol. The Kier molecular flexibility index (Phi) is 3.18. The van der Waals surface area contributed by atoms with Gasteiger partial charge in [-0.15, -0.1) is 0 Å². The highest BCUT2D eigenvalue weighted by molar-refractivity contribution is 9.10. The summed E-state index contributed by atoms with van der Waals surface area (Å²) in [6.45, 7) is 0. The first kappa shape index (κ1) is 11.9. The normalized spacial score (nSPS) is 22.8. The molecule has 0 aliphatic heterocycles. The van der Waals surface area contributed by atoms with Gasteiger partial charge in [0.15, 0.2) is 5.82 Å². The van der Waals surface area contributed by atoms with Crippen molar-refractivity contribution in [3.05, 3.63) is 46.0 Å². The van der Waals surface area contributed by atoms with Gasteiger partial charge >= 0.3 is 0 Å². The van der Waals surface area contributed by atoms with Crippen molar-refractivity contribution >= 4 is 15.9 Å². The van der Waals surface area contributed by atoms with Gasteiger partial charge in [-0.1, -0.05) is 33.2 Å². The number of hydrogen-bond donors (Lipinski definition) is 1. The summed E-state index contributed by atoms with van der Waals surface area (Å²) in [7, 11) is 0. The van der Waals surface area contributed by atoms with E-state index in [1.807, 2.05) is 24.3 Å². The van der Waals surface area contributed by atoms with Crippen molar-refractivity contribution in [2.45, 2.75) is 31.3 Å². The second-order valence-electron chi connectivity index (χ2n) is 4.67. The SMILES string of the molecule is OC1CC(c2nc(Cc3ccc(Br)cc3)no2)C1. The van der Waals surface area contributed by atoms with Gasteiger partial charge in [-0.05, 0) is 30.5 Å². The van der Waals surface area contributed by atoms with E-state index in [0.29, 0.717) is 18.1 Å². The Hall–Kier alpha value is -1.20. The lowest BCUT2D eigenvalue weighted by Crippen LogP contribution is -2.26. The maximum Gasteiger partial charge on any atom is 0.229 e. The molecule has 1 fully saturated rings. The molecule has 3 rings (SSSR count). The molecular weight excluding hydrogens is 296 g/mol. The van der Waals surface area contributed by atoms with E-state index < -0.39 is 0 Å². The van der Waals surface area contributed by atoms with Gasteiger partial charge in [0.1, 0.15) is 0 Å². The van der Waals surface area contributed by atoms with Gasteiger partial charge in [0.05, 0.1) is 6.10 Å². The van der Waals surface area contributed by atoms with E-state index in [0.717, 1.165) is 22.9 Å². The fraction of sp³-hybridized carbons (Fsp3) is 0.385. The monoisotopic (exact) mass is 308 g/mol. The van der Waals surface area contributed by atoms with E-state index in [-0.39, 0.29) is 12.0 Å². The second kappa shape index (κ2) is 4.82. The van der Waals surface area contributed by atoms with Gasteiger partial charge in [-0.3, -0.25) is 0 Å². The Morgan fingerprint density at radius 3 is 2.67 bits per heavy atom. The highest BCUT2D eigenvalue weighted by Gasteiger charge is 2.32. The lowest BCUT2D eigenvalue weighted by Gasteiger charge is -2.27. The molecule has 18 heavy (non-hydrogen) atoms. The number of rotatable bonds is 3. The summed E-state index contributed by atoms with van der Waals surface area (Å²) in [5.74, 6) is 1.60. The van der Waals surface area contributed by atoms with Gasteiger partial charge < -0.3 is 9.63 Å². The van der Waals surface area contributed by atoms with Crippen LogP contribution in [0.15, 0.2) is 33.3 Å². The predicted molar refractivity (Wildman–Crippen MR) is 69.2 cm³/mol. The number of hydrogen-bond acceptors (Lipinski definition) is 4. The Bertz CT molecular complexity index is 532. The first-order valence-electron chi connectivity index (χ1n) is 5.95. The van der Waals surface area contributed by atoms with Crippen molar-refractivity contribution < 1.29 is 9.63 Å². The van der Waals surface area contributed by atoms with Crippen molar-refractivity contribution in [2.24, 2.45) is 0 Å². The lowest BCUT2D eigenvalue weighted by molar-refractivity contribution is 0.0625. The van der Waals surface area contributed by atoms with E-state index in [4.69, 9.17) is 4.52 Å². The van der Waals surface area contributed by atoms with Crippen LogP contribution >= 0.6 is 15.9 Å². The molecular formula is C13H13BrN2O2. The van der Waals surface area contributed by atoms with Crippen molar-refractivity contribution in [2.75, 3.05) is 0 Å². The minimum Gasteiger partial charge on any atom is -0.393 e. The van der Waals surface area contributed by atoms with Crippen LogP contribution in [0.3, 0.4) is 0 Å². The van der Waals surface area contributed by atoms with Crippen LogP contribution in [0, 0.1) is 0 Å². The number of aliphatic hydroxyl groups is 1. The summed E-state index contributed by atoms with van der Waals surface area (Å²) in [6, 6.07) is 8.07. The number of aliphatic hydroxyl groups excluding tert-OH is 1. The molecule has 4 nitrogen and oxygen atoms in total. The first-order chi connectivity index (χ1) is 8.70. The summed E-state index contributed by atoms with van der Waals surface area (Å²) in [5.41, 5.74) is 1.15. The lowest BCUT2D eigenvalue weighted by atomic mass is 9.82. The van der Waals surface area contributed by atoms with E-state index >= 15 is 0 Å². The van der Waals surface area contributed by atoms with Gasteiger partial charge in [0, 0.05) is 16.8 Å². The molecule has 2 aromatic rings. The smallest absolute Gasteiger partial charge is 0.229 e. The molecule has 5 heteroatoms. The van der Waals surface area contributed by atoms with Crippen molar-refractivity contribution in [3.8, 4) is 0 Å². The minimum absolute atomic E-state index is 0.197. The maximum absolute atomic E-state index is 9.25. The van der Waals surface area contributed by atoms with Crippen molar-refractivity contribution in [3.63, 3.8) is 0 Å². The van der Waals surface area contributed by atoms with Crippen LogP contribution in [0.5, 0.6) is 0 Å². The summed E-state index contributed by atoms with van der Waals surface area (Å²) in [6.07, 6.45) is 1.95. The molecule has 0 bridgehead atoms. The summed E-state index contributed by atoms with van der Waals surface area (Å²) >= 11 is 3.40. The van der Waals surface area contributed by atoms with Gasteiger partial charge in [-0.25, -0.2) is 0 Å². The van der Waals surface area contributed by atoms with E-state index in [9.17, 15) is 5.11 Å². The molecule has 0 unspecified atom stereocenters. The quantitative estimate of drug-likeness (QED) is 0.947. The predicted octanol–water partition coefficient (Wildman–Crippen LogP) is 2.66. The zero-order valence-corrected chi connectivity index (χ0v) is 11.3. The number of benzene rings is 1. The second-order valence-corrected chi connectivity index (χ2v) is 5.59. The van der Waals surface area contributed by atoms with Crippen LogP contribution in [0.4, 0.5) is 0 Å². The molecule has 0 radical (unpaired) electrons. The highest BCUT2D eigenvalue weighted by Crippen LogP contribution is 2.35. The van der Waals surface area contributed by atoms with Gasteiger partial charge in [-0.2, -0.15) is 4.98 Å². The molecule has 1 aromatic heterocycles. The molecule has 0 amide bonds. The minimum atomic E-state index is -0.197.